The van der Waals surface area contributed by atoms with Crippen LogP contribution in [-0.2, 0) is 9.59 Å². The van der Waals surface area contributed by atoms with E-state index in [9.17, 15) is 14.7 Å². The Bertz CT molecular complexity index is 1600. The van der Waals surface area contributed by atoms with Gasteiger partial charge in [-0.05, 0) is 49.7 Å². The number of Topliss-reactive ketones (excluding diaryl/α,β-unsaturated/α-hetero) is 1. The molecule has 1 saturated heterocycles. The molecule has 1 atom stereocenters. The second kappa shape index (κ2) is 9.33. The van der Waals surface area contributed by atoms with E-state index in [-0.39, 0.29) is 27.7 Å². The van der Waals surface area contributed by atoms with E-state index in [0.29, 0.717) is 17.0 Å². The number of aliphatic hydroxyl groups excluding tert-OH is 1. The molecule has 0 saturated carbocycles. The number of ether oxygens (including phenoxy) is 2. The highest BCUT2D eigenvalue weighted by atomic mass is 35.5. The molecule has 0 aliphatic carbocycles. The lowest BCUT2D eigenvalue weighted by molar-refractivity contribution is -0.132. The summed E-state index contributed by atoms with van der Waals surface area (Å²) in [6.07, 6.45) is 0. The number of methoxy groups -OCH3 is 2. The number of para-hydroxylation sites is 1. The Morgan fingerprint density at radius 2 is 1.76 bits per heavy atom. The summed E-state index contributed by atoms with van der Waals surface area (Å²) >= 11 is 6.41. The van der Waals surface area contributed by atoms with Crippen LogP contribution in [0.4, 0.5) is 5.69 Å². The molecule has 2 N–H and O–H groups in total. The molecule has 3 aromatic carbocycles. The number of aliphatic hydroxyl groups is 1. The van der Waals surface area contributed by atoms with E-state index in [0.717, 1.165) is 22.2 Å². The number of carbonyl (C=O) groups is 2. The van der Waals surface area contributed by atoms with Crippen molar-refractivity contribution in [3.63, 3.8) is 0 Å². The summed E-state index contributed by atoms with van der Waals surface area (Å²) in [4.78, 5) is 32.0. The predicted octanol–water partition coefficient (Wildman–Crippen LogP) is 6.08. The number of benzene rings is 3. The van der Waals surface area contributed by atoms with Crippen molar-refractivity contribution in [2.75, 3.05) is 19.1 Å². The number of anilines is 1. The third kappa shape index (κ3) is 3.92. The lowest BCUT2D eigenvalue weighted by Crippen LogP contribution is -2.29. The lowest BCUT2D eigenvalue weighted by Gasteiger charge is -2.26. The number of aromatic nitrogens is 1. The van der Waals surface area contributed by atoms with Gasteiger partial charge in [0.2, 0.25) is 0 Å². The average molecular weight is 517 g/mol. The van der Waals surface area contributed by atoms with E-state index >= 15 is 0 Å². The SMILES string of the molecule is COc1cccc(N2C(=O)C(=O)/C(=C(/O)c3cc(C)cc(Cl)c3OC)C2c2c(C)[nH]c3ccccc23)c1. The summed E-state index contributed by atoms with van der Waals surface area (Å²) < 4.78 is 10.9. The van der Waals surface area contributed by atoms with Gasteiger partial charge in [0, 0.05) is 33.9 Å². The van der Waals surface area contributed by atoms with Crippen molar-refractivity contribution in [2.45, 2.75) is 19.9 Å². The summed E-state index contributed by atoms with van der Waals surface area (Å²) in [5.41, 5.74) is 3.72. The molecule has 1 aromatic heterocycles. The van der Waals surface area contributed by atoms with Gasteiger partial charge in [0.15, 0.2) is 0 Å². The fraction of sp³-hybridized carbons (Fsp3) is 0.172. The highest BCUT2D eigenvalue weighted by molar-refractivity contribution is 6.52. The maximum Gasteiger partial charge on any atom is 0.300 e. The molecule has 0 spiro atoms. The molecule has 37 heavy (non-hydrogen) atoms. The van der Waals surface area contributed by atoms with Gasteiger partial charge in [-0.1, -0.05) is 35.9 Å². The number of amides is 1. The minimum absolute atomic E-state index is 0.0550. The zero-order valence-corrected chi connectivity index (χ0v) is 21.5. The first kappa shape index (κ1) is 24.5. The Balaban J connectivity index is 1.85. The third-order valence-electron chi connectivity index (χ3n) is 6.64. The number of hydrogen-bond donors (Lipinski definition) is 2. The van der Waals surface area contributed by atoms with Crippen LogP contribution >= 0.6 is 11.6 Å². The van der Waals surface area contributed by atoms with Crippen molar-refractivity contribution < 1.29 is 24.2 Å². The van der Waals surface area contributed by atoms with Crippen LogP contribution in [0.3, 0.4) is 0 Å². The topological polar surface area (TPSA) is 91.9 Å². The van der Waals surface area contributed by atoms with Crippen molar-refractivity contribution in [3.8, 4) is 11.5 Å². The molecule has 7 nitrogen and oxygen atoms in total. The van der Waals surface area contributed by atoms with Crippen molar-refractivity contribution in [1.82, 2.24) is 4.98 Å². The number of hydrogen-bond acceptors (Lipinski definition) is 5. The molecule has 4 aromatic rings. The van der Waals surface area contributed by atoms with Gasteiger partial charge in [0.05, 0.1) is 36.4 Å². The summed E-state index contributed by atoms with van der Waals surface area (Å²) in [5.74, 6) is -1.19. The first-order chi connectivity index (χ1) is 17.8. The fourth-order valence-corrected chi connectivity index (χ4v) is 5.39. The number of ketones is 1. The summed E-state index contributed by atoms with van der Waals surface area (Å²) in [6.45, 7) is 3.70. The summed E-state index contributed by atoms with van der Waals surface area (Å²) in [5, 5.41) is 12.8. The second-order valence-corrected chi connectivity index (χ2v) is 9.31. The highest BCUT2D eigenvalue weighted by Gasteiger charge is 2.48. The van der Waals surface area contributed by atoms with Crippen LogP contribution in [0, 0.1) is 13.8 Å². The zero-order chi connectivity index (χ0) is 26.4. The van der Waals surface area contributed by atoms with Gasteiger partial charge < -0.3 is 19.6 Å². The first-order valence-corrected chi connectivity index (χ1v) is 12.0. The number of aromatic amines is 1. The van der Waals surface area contributed by atoms with Gasteiger partial charge in [-0.25, -0.2) is 0 Å². The van der Waals surface area contributed by atoms with Crippen LogP contribution in [0.25, 0.3) is 16.7 Å². The quantitative estimate of drug-likeness (QED) is 0.190. The molecule has 1 amide bonds. The number of rotatable bonds is 5. The number of nitrogens with zero attached hydrogens (tertiary/aromatic N) is 1. The van der Waals surface area contributed by atoms with E-state index in [1.54, 1.807) is 36.4 Å². The summed E-state index contributed by atoms with van der Waals surface area (Å²) in [7, 11) is 2.96. The minimum atomic E-state index is -0.924. The third-order valence-corrected chi connectivity index (χ3v) is 6.92. The smallest absolute Gasteiger partial charge is 0.300 e. The van der Waals surface area contributed by atoms with E-state index in [4.69, 9.17) is 21.1 Å². The van der Waals surface area contributed by atoms with Gasteiger partial charge >= 0.3 is 0 Å². The molecule has 8 heteroatoms. The predicted molar refractivity (Wildman–Crippen MR) is 144 cm³/mol. The van der Waals surface area contributed by atoms with Crippen LogP contribution in [0.1, 0.15) is 28.4 Å². The molecule has 1 unspecified atom stereocenters. The van der Waals surface area contributed by atoms with Crippen molar-refractivity contribution in [1.29, 1.82) is 0 Å². The van der Waals surface area contributed by atoms with Crippen LogP contribution < -0.4 is 14.4 Å². The largest absolute Gasteiger partial charge is 0.507 e. The van der Waals surface area contributed by atoms with Crippen LogP contribution in [0.2, 0.25) is 5.02 Å². The Kier molecular flexibility index (Phi) is 6.17. The van der Waals surface area contributed by atoms with E-state index in [1.165, 1.54) is 19.1 Å². The number of H-pyrrole nitrogens is 1. The van der Waals surface area contributed by atoms with Gasteiger partial charge in [0.1, 0.15) is 17.3 Å². The highest BCUT2D eigenvalue weighted by Crippen LogP contribution is 2.47. The minimum Gasteiger partial charge on any atom is -0.507 e. The van der Waals surface area contributed by atoms with E-state index < -0.39 is 17.7 Å². The molecule has 0 radical (unpaired) electrons. The molecular weight excluding hydrogens is 492 g/mol. The first-order valence-electron chi connectivity index (χ1n) is 11.6. The van der Waals surface area contributed by atoms with Gasteiger partial charge in [-0.3, -0.25) is 14.5 Å². The molecule has 1 aliphatic heterocycles. The fourth-order valence-electron chi connectivity index (χ4n) is 5.04. The number of carbonyl (C=O) groups excluding carboxylic acids is 2. The Hall–Kier alpha value is -4.23. The van der Waals surface area contributed by atoms with Gasteiger partial charge in [0.25, 0.3) is 11.7 Å². The molecule has 2 heterocycles. The standard InChI is InChI=1S/C29H25ClN2O5/c1-15-12-20(28(37-4)21(30)13-15)26(33)24-25(23-16(2)31-22-11-6-5-10-19(22)23)32(29(35)27(24)34)17-8-7-9-18(14-17)36-3/h5-14,25,31,33H,1-4H3/b26-24+. The molecule has 5 rings (SSSR count). The number of fused-ring (bicyclic) bond motifs is 1. The number of aryl methyl sites for hydroxylation is 2. The molecular formula is C29H25ClN2O5. The molecule has 1 aliphatic rings. The van der Waals surface area contributed by atoms with Crippen LogP contribution in [0.5, 0.6) is 11.5 Å². The molecule has 188 valence electrons. The summed E-state index contributed by atoms with van der Waals surface area (Å²) in [6, 6.07) is 17.0. The van der Waals surface area contributed by atoms with Crippen molar-refractivity contribution >= 4 is 45.6 Å². The monoisotopic (exact) mass is 516 g/mol. The Labute approximate surface area is 218 Å². The van der Waals surface area contributed by atoms with Gasteiger partial charge in [-0.2, -0.15) is 0 Å². The Morgan fingerprint density at radius 3 is 2.49 bits per heavy atom. The Morgan fingerprint density at radius 1 is 1.00 bits per heavy atom. The van der Waals surface area contributed by atoms with Crippen LogP contribution in [-0.4, -0.2) is 36.0 Å². The molecule has 1 fully saturated rings. The average Bonchev–Trinajstić information content (AvgIpc) is 3.35. The van der Waals surface area contributed by atoms with Gasteiger partial charge in [-0.15, -0.1) is 0 Å². The number of nitrogens with one attached hydrogen (secondary N) is 1. The van der Waals surface area contributed by atoms with E-state index in [1.807, 2.05) is 38.1 Å². The molecule has 0 bridgehead atoms. The van der Waals surface area contributed by atoms with Crippen molar-refractivity contribution in [2.24, 2.45) is 0 Å². The maximum atomic E-state index is 13.7. The second-order valence-electron chi connectivity index (χ2n) is 8.91. The van der Waals surface area contributed by atoms with Crippen LogP contribution in [0.15, 0.2) is 66.2 Å². The zero-order valence-electron chi connectivity index (χ0n) is 20.8. The lowest BCUT2D eigenvalue weighted by atomic mass is 9.92. The van der Waals surface area contributed by atoms with Crippen molar-refractivity contribution in [3.05, 3.63) is 93.6 Å². The maximum absolute atomic E-state index is 13.7. The van der Waals surface area contributed by atoms with E-state index in [2.05, 4.69) is 4.98 Å². The normalized spacial score (nSPS) is 17.0. The number of halogens is 1.